The van der Waals surface area contributed by atoms with Gasteiger partial charge in [0.05, 0.1) is 0 Å². The summed E-state index contributed by atoms with van der Waals surface area (Å²) in [6.45, 7) is 5.96. The first-order valence-electron chi connectivity index (χ1n) is 9.57. The molecule has 1 atom stereocenters. The van der Waals surface area contributed by atoms with Crippen LogP contribution in [0.5, 0.6) is 0 Å². The number of hydrogen-bond acceptors (Lipinski definition) is 5. The summed E-state index contributed by atoms with van der Waals surface area (Å²) in [5.74, 6) is 1.45. The van der Waals surface area contributed by atoms with Crippen LogP contribution in [0.1, 0.15) is 25.3 Å². The van der Waals surface area contributed by atoms with E-state index in [9.17, 15) is 9.59 Å². The molecule has 3 aromatic rings. The molecule has 4 rings (SSSR count). The van der Waals surface area contributed by atoms with Gasteiger partial charge in [-0.1, -0.05) is 24.6 Å². The predicted molar refractivity (Wildman–Crippen MR) is 108 cm³/mol. The van der Waals surface area contributed by atoms with Crippen LogP contribution < -0.4 is 15.9 Å². The zero-order chi connectivity index (χ0) is 19.7. The van der Waals surface area contributed by atoms with Gasteiger partial charge in [-0.05, 0) is 43.9 Å². The van der Waals surface area contributed by atoms with Crippen molar-refractivity contribution in [3.05, 3.63) is 52.6 Å². The van der Waals surface area contributed by atoms with Crippen molar-refractivity contribution >= 4 is 23.2 Å². The number of hydrogen-bond donors (Lipinski definition) is 1. The maximum atomic E-state index is 12.5. The molecule has 1 N–H and O–H groups in total. The fraction of sp³-hybridized carbons (Fsp3) is 0.400. The van der Waals surface area contributed by atoms with Crippen LogP contribution in [0.25, 0.3) is 5.78 Å². The van der Waals surface area contributed by atoms with Gasteiger partial charge < -0.3 is 10.2 Å². The molecule has 0 aliphatic carbocycles. The van der Waals surface area contributed by atoms with E-state index in [-0.39, 0.29) is 18.1 Å². The number of fused-ring (bicyclic) bond motifs is 1. The molecular formula is C20H24N6O2. The summed E-state index contributed by atoms with van der Waals surface area (Å²) in [7, 11) is 0. The van der Waals surface area contributed by atoms with E-state index in [1.807, 2.05) is 37.3 Å². The summed E-state index contributed by atoms with van der Waals surface area (Å²) in [6.07, 6.45) is 4.04. The Labute approximate surface area is 162 Å². The number of piperidine rings is 1. The SMILES string of the molecule is Cc1ccc(NC(=O)Cn2nc3nc(N4CCC[C@H](C)C4)ccn3c2=O)cc1. The molecule has 2 aromatic heterocycles. The van der Waals surface area contributed by atoms with Crippen molar-refractivity contribution in [3.63, 3.8) is 0 Å². The van der Waals surface area contributed by atoms with Crippen molar-refractivity contribution in [3.8, 4) is 0 Å². The normalized spacial score (nSPS) is 17.1. The minimum absolute atomic E-state index is 0.161. The number of aryl methyl sites for hydroxylation is 1. The Morgan fingerprint density at radius 2 is 2.04 bits per heavy atom. The van der Waals surface area contributed by atoms with Crippen LogP contribution in [0.3, 0.4) is 0 Å². The molecule has 0 saturated carbocycles. The van der Waals surface area contributed by atoms with E-state index < -0.39 is 0 Å². The van der Waals surface area contributed by atoms with E-state index in [1.165, 1.54) is 10.8 Å². The molecule has 0 unspecified atom stereocenters. The molecule has 28 heavy (non-hydrogen) atoms. The van der Waals surface area contributed by atoms with Gasteiger partial charge in [0.15, 0.2) is 0 Å². The van der Waals surface area contributed by atoms with Crippen LogP contribution in [0, 0.1) is 12.8 Å². The molecule has 0 radical (unpaired) electrons. The molecule has 3 heterocycles. The standard InChI is InChI=1S/C20H24N6O2/c1-14-5-7-16(8-6-14)21-18(27)13-26-20(28)25-11-9-17(22-19(25)23-26)24-10-3-4-15(2)12-24/h5-9,11,15H,3-4,10,12-13H2,1-2H3,(H,21,27)/t15-/m0/s1. The highest BCUT2D eigenvalue weighted by Crippen LogP contribution is 2.21. The van der Waals surface area contributed by atoms with Crippen LogP contribution >= 0.6 is 0 Å². The number of aromatic nitrogens is 4. The molecule has 1 fully saturated rings. The highest BCUT2D eigenvalue weighted by molar-refractivity contribution is 5.90. The fourth-order valence-corrected chi connectivity index (χ4v) is 3.55. The number of carbonyl (C=O) groups is 1. The summed E-state index contributed by atoms with van der Waals surface area (Å²) in [5, 5.41) is 7.03. The minimum Gasteiger partial charge on any atom is -0.356 e. The molecule has 1 aliphatic heterocycles. The molecular weight excluding hydrogens is 356 g/mol. The number of rotatable bonds is 4. The van der Waals surface area contributed by atoms with Crippen molar-refractivity contribution in [2.75, 3.05) is 23.3 Å². The van der Waals surface area contributed by atoms with Crippen molar-refractivity contribution < 1.29 is 4.79 Å². The third kappa shape index (κ3) is 3.76. The number of anilines is 2. The smallest absolute Gasteiger partial charge is 0.352 e. The summed E-state index contributed by atoms with van der Waals surface area (Å²) >= 11 is 0. The second-order valence-corrected chi connectivity index (χ2v) is 7.50. The van der Waals surface area contributed by atoms with Crippen molar-refractivity contribution in [2.24, 2.45) is 5.92 Å². The van der Waals surface area contributed by atoms with E-state index in [4.69, 9.17) is 0 Å². The second kappa shape index (κ2) is 7.46. The van der Waals surface area contributed by atoms with E-state index in [0.29, 0.717) is 17.4 Å². The van der Waals surface area contributed by atoms with Gasteiger partial charge in [0, 0.05) is 25.0 Å². The number of benzene rings is 1. The Hall–Kier alpha value is -3.16. The maximum absolute atomic E-state index is 12.5. The lowest BCUT2D eigenvalue weighted by Crippen LogP contribution is -2.34. The quantitative estimate of drug-likeness (QED) is 0.749. The monoisotopic (exact) mass is 380 g/mol. The number of carbonyl (C=O) groups excluding carboxylic acids is 1. The van der Waals surface area contributed by atoms with Gasteiger partial charge in [-0.25, -0.2) is 13.9 Å². The first kappa shape index (κ1) is 18.2. The zero-order valence-corrected chi connectivity index (χ0v) is 16.1. The third-order valence-corrected chi connectivity index (χ3v) is 5.05. The van der Waals surface area contributed by atoms with Gasteiger partial charge >= 0.3 is 5.69 Å². The van der Waals surface area contributed by atoms with E-state index >= 15 is 0 Å². The Kier molecular flexibility index (Phi) is 4.85. The average Bonchev–Trinajstić information content (AvgIpc) is 2.98. The van der Waals surface area contributed by atoms with Gasteiger partial charge in [0.25, 0.3) is 5.78 Å². The van der Waals surface area contributed by atoms with Gasteiger partial charge in [0.2, 0.25) is 5.91 Å². The van der Waals surface area contributed by atoms with E-state index in [0.717, 1.165) is 35.6 Å². The van der Waals surface area contributed by atoms with E-state index in [1.54, 1.807) is 6.20 Å². The molecule has 0 bridgehead atoms. The van der Waals surface area contributed by atoms with Crippen LogP contribution in [0.4, 0.5) is 11.5 Å². The molecule has 1 aliphatic rings. The summed E-state index contributed by atoms with van der Waals surface area (Å²) in [5.41, 5.74) is 1.42. The van der Waals surface area contributed by atoms with Crippen LogP contribution in [-0.2, 0) is 11.3 Å². The molecule has 1 amide bonds. The van der Waals surface area contributed by atoms with Gasteiger partial charge in [-0.15, -0.1) is 5.10 Å². The average molecular weight is 380 g/mol. The molecule has 146 valence electrons. The predicted octanol–water partition coefficient (Wildman–Crippen LogP) is 2.07. The topological polar surface area (TPSA) is 84.5 Å². The largest absolute Gasteiger partial charge is 0.356 e. The lowest BCUT2D eigenvalue weighted by molar-refractivity contribution is -0.117. The lowest BCUT2D eigenvalue weighted by Gasteiger charge is -2.31. The highest BCUT2D eigenvalue weighted by Gasteiger charge is 2.19. The van der Waals surface area contributed by atoms with Crippen molar-refractivity contribution in [1.29, 1.82) is 0 Å². The minimum atomic E-state index is -0.375. The molecule has 1 saturated heterocycles. The molecule has 1 aromatic carbocycles. The first-order chi connectivity index (χ1) is 13.5. The van der Waals surface area contributed by atoms with Crippen molar-refractivity contribution in [2.45, 2.75) is 33.2 Å². The Morgan fingerprint density at radius 1 is 1.25 bits per heavy atom. The summed E-state index contributed by atoms with van der Waals surface area (Å²) in [4.78, 5) is 31.6. The van der Waals surface area contributed by atoms with Gasteiger partial charge in [-0.3, -0.25) is 4.79 Å². The summed E-state index contributed by atoms with van der Waals surface area (Å²) < 4.78 is 2.52. The Morgan fingerprint density at radius 3 is 2.79 bits per heavy atom. The number of amides is 1. The maximum Gasteiger partial charge on any atom is 0.352 e. The molecule has 8 heteroatoms. The lowest BCUT2D eigenvalue weighted by atomic mass is 10.0. The van der Waals surface area contributed by atoms with Crippen LogP contribution in [0.2, 0.25) is 0 Å². The van der Waals surface area contributed by atoms with Crippen LogP contribution in [-0.4, -0.2) is 38.2 Å². The zero-order valence-electron chi connectivity index (χ0n) is 16.1. The van der Waals surface area contributed by atoms with Gasteiger partial charge in [-0.2, -0.15) is 4.98 Å². The number of nitrogens with one attached hydrogen (secondary N) is 1. The van der Waals surface area contributed by atoms with Crippen molar-refractivity contribution in [1.82, 2.24) is 19.2 Å². The molecule has 8 nitrogen and oxygen atoms in total. The highest BCUT2D eigenvalue weighted by atomic mass is 16.2. The van der Waals surface area contributed by atoms with Crippen LogP contribution in [0.15, 0.2) is 41.3 Å². The third-order valence-electron chi connectivity index (χ3n) is 5.05. The fourth-order valence-electron chi connectivity index (χ4n) is 3.55. The number of nitrogens with zero attached hydrogens (tertiary/aromatic N) is 5. The van der Waals surface area contributed by atoms with Gasteiger partial charge in [0.1, 0.15) is 12.4 Å². The summed E-state index contributed by atoms with van der Waals surface area (Å²) in [6, 6.07) is 9.32. The second-order valence-electron chi connectivity index (χ2n) is 7.50. The Balaban J connectivity index is 1.52. The van der Waals surface area contributed by atoms with E-state index in [2.05, 4.69) is 27.2 Å². The Bertz CT molecular complexity index is 1050. The molecule has 0 spiro atoms. The first-order valence-corrected chi connectivity index (χ1v) is 9.57.